The number of halogens is 3. The van der Waals surface area contributed by atoms with Crippen LogP contribution in [0.2, 0.25) is 0 Å². The summed E-state index contributed by atoms with van der Waals surface area (Å²) in [4.78, 5) is 18.3. The van der Waals surface area contributed by atoms with Crippen LogP contribution in [-0.2, 0) is 13.0 Å². The molecule has 0 aliphatic rings. The molecule has 0 radical (unpaired) electrons. The first-order valence-electron chi connectivity index (χ1n) is 12.1. The van der Waals surface area contributed by atoms with Crippen LogP contribution in [-0.4, -0.2) is 20.4 Å². The predicted octanol–water partition coefficient (Wildman–Crippen LogP) is 8.22. The molecule has 0 saturated heterocycles. The summed E-state index contributed by atoms with van der Waals surface area (Å²) >= 11 is 10.7. The lowest BCUT2D eigenvalue weighted by Crippen LogP contribution is -2.22. The lowest BCUT2D eigenvalue weighted by molar-refractivity contribution is 0.675. The van der Waals surface area contributed by atoms with Crippen LogP contribution >= 0.6 is 47.8 Å². The van der Waals surface area contributed by atoms with E-state index in [1.807, 2.05) is 36.5 Å². The smallest absolute Gasteiger partial charge is 0.282 e. The molecule has 188 valence electrons. The molecule has 2 aromatic heterocycles. The fourth-order valence-electron chi connectivity index (χ4n) is 4.57. The maximum atomic E-state index is 13.5. The summed E-state index contributed by atoms with van der Waals surface area (Å²) in [7, 11) is 0. The number of aromatic nitrogens is 3. The normalized spacial score (nSPS) is 11.8. The molecule has 3 aromatic carbocycles. The molecular formula is C29H25Br3N4O. The van der Waals surface area contributed by atoms with E-state index in [0.29, 0.717) is 29.7 Å². The number of para-hydroxylation sites is 1. The van der Waals surface area contributed by atoms with Crippen LogP contribution in [0.25, 0.3) is 21.8 Å². The van der Waals surface area contributed by atoms with Gasteiger partial charge in [0.05, 0.1) is 17.1 Å². The van der Waals surface area contributed by atoms with Gasteiger partial charge in [0.15, 0.2) is 0 Å². The van der Waals surface area contributed by atoms with Crippen LogP contribution in [0.4, 0.5) is 0 Å². The monoisotopic (exact) mass is 682 g/mol. The van der Waals surface area contributed by atoms with Gasteiger partial charge in [-0.3, -0.25) is 4.79 Å². The van der Waals surface area contributed by atoms with E-state index >= 15 is 0 Å². The van der Waals surface area contributed by atoms with Crippen LogP contribution in [0, 0.1) is 6.92 Å². The highest BCUT2D eigenvalue weighted by Crippen LogP contribution is 2.29. The van der Waals surface area contributed by atoms with Crippen molar-refractivity contribution in [1.82, 2.24) is 14.2 Å². The SMILES string of the molecule is CCCCc1nc2ccc(Br)cc2c(=O)n1N=Cc1c(C)n(Cc2ccc(Br)cc2Br)c2ccccc12. The van der Waals surface area contributed by atoms with Crippen molar-refractivity contribution in [1.29, 1.82) is 0 Å². The first-order valence-corrected chi connectivity index (χ1v) is 14.5. The Kier molecular flexibility index (Phi) is 7.79. The molecule has 0 spiro atoms. The summed E-state index contributed by atoms with van der Waals surface area (Å²) < 4.78 is 6.69. The molecule has 0 fully saturated rings. The third-order valence-electron chi connectivity index (χ3n) is 6.55. The molecule has 0 bridgehead atoms. The summed E-state index contributed by atoms with van der Waals surface area (Å²) in [6.07, 6.45) is 4.45. The lowest BCUT2D eigenvalue weighted by Gasteiger charge is -2.11. The van der Waals surface area contributed by atoms with Gasteiger partial charge in [-0.25, -0.2) is 4.98 Å². The molecule has 0 aliphatic carbocycles. The van der Waals surface area contributed by atoms with E-state index in [-0.39, 0.29) is 5.56 Å². The minimum Gasteiger partial charge on any atom is -0.340 e. The summed E-state index contributed by atoms with van der Waals surface area (Å²) in [5, 5.41) is 6.38. The standard InChI is InChI=1S/C29H25Br3N4O/c1-3-4-9-28-34-26-13-12-20(30)14-23(26)29(37)36(28)33-16-24-18(2)35(27-8-6-5-7-22(24)27)17-19-10-11-21(31)15-25(19)32/h5-8,10-16H,3-4,9,17H2,1-2H3. The van der Waals surface area contributed by atoms with Crippen molar-refractivity contribution in [3.63, 3.8) is 0 Å². The fourth-order valence-corrected chi connectivity index (χ4v) is 6.10. The van der Waals surface area contributed by atoms with Gasteiger partial charge in [-0.2, -0.15) is 9.78 Å². The Labute approximate surface area is 240 Å². The van der Waals surface area contributed by atoms with Crippen molar-refractivity contribution >= 4 is 75.8 Å². The van der Waals surface area contributed by atoms with E-state index in [2.05, 4.69) is 96.5 Å². The number of benzene rings is 3. The molecule has 0 atom stereocenters. The second kappa shape index (κ2) is 11.1. The molecule has 37 heavy (non-hydrogen) atoms. The third-order valence-corrected chi connectivity index (χ3v) is 8.28. The predicted molar refractivity (Wildman–Crippen MR) is 163 cm³/mol. The molecular weight excluding hydrogens is 660 g/mol. The van der Waals surface area contributed by atoms with Crippen LogP contribution in [0.5, 0.6) is 0 Å². The summed E-state index contributed by atoms with van der Waals surface area (Å²) in [6, 6.07) is 20.2. The molecule has 5 rings (SSSR count). The van der Waals surface area contributed by atoms with Gasteiger partial charge in [0, 0.05) is 48.5 Å². The number of nitrogens with zero attached hydrogens (tertiary/aromatic N) is 4. The summed E-state index contributed by atoms with van der Waals surface area (Å²) in [5.41, 5.74) is 4.91. The average molecular weight is 685 g/mol. The van der Waals surface area contributed by atoms with Gasteiger partial charge in [-0.15, -0.1) is 0 Å². The zero-order chi connectivity index (χ0) is 26.1. The largest absolute Gasteiger partial charge is 0.340 e. The highest BCUT2D eigenvalue weighted by molar-refractivity contribution is 9.11. The van der Waals surface area contributed by atoms with Crippen LogP contribution in [0.1, 0.15) is 42.4 Å². The Morgan fingerprint density at radius 1 is 0.973 bits per heavy atom. The highest BCUT2D eigenvalue weighted by atomic mass is 79.9. The second-order valence-electron chi connectivity index (χ2n) is 8.99. The molecule has 0 saturated carbocycles. The van der Waals surface area contributed by atoms with Crippen molar-refractivity contribution in [2.45, 2.75) is 39.7 Å². The maximum Gasteiger partial charge on any atom is 0.282 e. The minimum atomic E-state index is -0.158. The molecule has 8 heteroatoms. The van der Waals surface area contributed by atoms with Crippen LogP contribution in [0.3, 0.4) is 0 Å². The first-order chi connectivity index (χ1) is 17.9. The summed E-state index contributed by atoms with van der Waals surface area (Å²) in [5.74, 6) is 0.679. The van der Waals surface area contributed by atoms with E-state index in [1.165, 1.54) is 10.2 Å². The van der Waals surface area contributed by atoms with Gasteiger partial charge < -0.3 is 4.57 Å². The van der Waals surface area contributed by atoms with E-state index in [4.69, 9.17) is 10.1 Å². The molecule has 5 aromatic rings. The zero-order valence-corrected chi connectivity index (χ0v) is 25.3. The van der Waals surface area contributed by atoms with Gasteiger partial charge >= 0.3 is 0 Å². The average Bonchev–Trinajstić information content (AvgIpc) is 3.15. The Bertz CT molecular complexity index is 1720. The Morgan fingerprint density at radius 2 is 1.73 bits per heavy atom. The lowest BCUT2D eigenvalue weighted by atomic mass is 10.1. The number of rotatable bonds is 7. The molecule has 0 unspecified atom stereocenters. The van der Waals surface area contributed by atoms with Crippen LogP contribution < -0.4 is 5.56 Å². The quantitative estimate of drug-likeness (QED) is 0.162. The molecule has 5 nitrogen and oxygen atoms in total. The number of fused-ring (bicyclic) bond motifs is 2. The van der Waals surface area contributed by atoms with E-state index in [0.717, 1.165) is 48.4 Å². The maximum absolute atomic E-state index is 13.5. The Hall–Kier alpha value is -2.55. The number of hydrogen-bond donors (Lipinski definition) is 0. The topological polar surface area (TPSA) is 52.2 Å². The van der Waals surface area contributed by atoms with Crippen molar-refractivity contribution in [3.05, 3.63) is 107 Å². The van der Waals surface area contributed by atoms with E-state index in [9.17, 15) is 4.79 Å². The number of unbranched alkanes of at least 4 members (excludes halogenated alkanes) is 1. The Balaban J connectivity index is 1.64. The number of hydrogen-bond acceptors (Lipinski definition) is 3. The van der Waals surface area contributed by atoms with E-state index in [1.54, 1.807) is 0 Å². The Morgan fingerprint density at radius 3 is 2.51 bits per heavy atom. The highest BCUT2D eigenvalue weighted by Gasteiger charge is 2.15. The van der Waals surface area contributed by atoms with Crippen molar-refractivity contribution in [3.8, 4) is 0 Å². The molecule has 0 N–H and O–H groups in total. The van der Waals surface area contributed by atoms with E-state index < -0.39 is 0 Å². The van der Waals surface area contributed by atoms with Gasteiger partial charge in [0.25, 0.3) is 5.56 Å². The first kappa shape index (κ1) is 26.1. The van der Waals surface area contributed by atoms with Gasteiger partial charge in [-0.1, -0.05) is 85.4 Å². The van der Waals surface area contributed by atoms with Gasteiger partial charge in [0.2, 0.25) is 0 Å². The summed E-state index contributed by atoms with van der Waals surface area (Å²) in [6.45, 7) is 4.94. The molecule has 2 heterocycles. The molecule has 0 aliphatic heterocycles. The van der Waals surface area contributed by atoms with Crippen molar-refractivity contribution in [2.75, 3.05) is 0 Å². The minimum absolute atomic E-state index is 0.158. The van der Waals surface area contributed by atoms with Gasteiger partial charge in [0.1, 0.15) is 5.82 Å². The van der Waals surface area contributed by atoms with Crippen molar-refractivity contribution in [2.24, 2.45) is 5.10 Å². The third kappa shape index (κ3) is 5.24. The second-order valence-corrected chi connectivity index (χ2v) is 11.7. The fraction of sp³-hybridized carbons (Fsp3) is 0.207. The van der Waals surface area contributed by atoms with Crippen LogP contribution in [0.15, 0.2) is 84.0 Å². The number of aryl methyl sites for hydroxylation is 1. The zero-order valence-electron chi connectivity index (χ0n) is 20.5. The molecule has 0 amide bonds. The van der Waals surface area contributed by atoms with Gasteiger partial charge in [-0.05, 0) is 55.3 Å². The van der Waals surface area contributed by atoms with Crippen molar-refractivity contribution < 1.29 is 0 Å².